The molecule has 0 nitrogen and oxygen atoms in total. The lowest BCUT2D eigenvalue weighted by Gasteiger charge is -2.03. The van der Waals surface area contributed by atoms with E-state index in [9.17, 15) is 4.39 Å². The summed E-state index contributed by atoms with van der Waals surface area (Å²) in [5.74, 6) is 2.37. The van der Waals surface area contributed by atoms with Crippen LogP contribution in [0.1, 0.15) is 7.79 Å². The Morgan fingerprint density at radius 2 is 2.78 bits per heavy atom. The predicted octanol–water partition coefficient (Wildman–Crippen LogP) is 1.84. The minimum Gasteiger partial charge on any atom is -0.243 e. The van der Waals surface area contributed by atoms with E-state index in [1.165, 1.54) is 12.2 Å². The van der Waals surface area contributed by atoms with Gasteiger partial charge in [0.15, 0.2) is 0 Å². The Bertz CT molecular complexity index is 230. The zero-order valence-electron chi connectivity index (χ0n) is 5.89. The largest absolute Gasteiger partial charge is 0.243 e. The van der Waals surface area contributed by atoms with Crippen molar-refractivity contribution in [3.63, 3.8) is 0 Å². The summed E-state index contributed by atoms with van der Waals surface area (Å²) in [6.45, 7) is 0. The molecule has 0 N–H and O–H groups in total. The summed E-state index contributed by atoms with van der Waals surface area (Å²) in [6, 6.07) is 0. The van der Waals surface area contributed by atoms with Crippen molar-refractivity contribution < 1.29 is 5.76 Å². The van der Waals surface area contributed by atoms with E-state index in [2.05, 4.69) is 5.92 Å². The first-order valence-corrected chi connectivity index (χ1v) is 2.69. The molecular formula is C8H7F. The number of allylic oxidation sites excluding steroid dienone is 4. The molecule has 0 aromatic rings. The van der Waals surface area contributed by atoms with Crippen molar-refractivity contribution in [3.05, 3.63) is 23.8 Å². The normalized spacial score (nSPS) is 34.7. The van der Waals surface area contributed by atoms with Gasteiger partial charge in [0.05, 0.1) is 1.37 Å². The van der Waals surface area contributed by atoms with Crippen LogP contribution in [-0.4, -0.2) is 6.15 Å². The minimum absolute atomic E-state index is 0.0586. The highest BCUT2D eigenvalue weighted by Gasteiger charge is 2.03. The molecule has 1 atom stereocenters. The number of rotatable bonds is 0. The molecule has 0 heterocycles. The van der Waals surface area contributed by atoms with E-state index in [0.29, 0.717) is 5.57 Å². The third-order valence-electron chi connectivity index (χ3n) is 1.13. The molecule has 9 heavy (non-hydrogen) atoms. The second-order valence-corrected chi connectivity index (χ2v) is 1.79. The fraction of sp³-hybridized carbons (Fsp3) is 0.250. The first-order chi connectivity index (χ1) is 4.64. The third kappa shape index (κ3) is 1.43. The molecule has 1 aliphatic rings. The third-order valence-corrected chi connectivity index (χ3v) is 1.13. The fourth-order valence-electron chi connectivity index (χ4n) is 0.631. The van der Waals surface area contributed by atoms with Crippen LogP contribution in [0.3, 0.4) is 0 Å². The van der Waals surface area contributed by atoms with E-state index >= 15 is 0 Å². The van der Waals surface area contributed by atoms with Crippen molar-refractivity contribution in [2.45, 2.75) is 12.6 Å². The molecule has 1 unspecified atom stereocenters. The molecule has 1 heteroatoms. The first kappa shape index (κ1) is 4.81. The van der Waals surface area contributed by atoms with Crippen LogP contribution in [0.25, 0.3) is 0 Å². The number of hydrogen-bond acceptors (Lipinski definition) is 0. The van der Waals surface area contributed by atoms with Crippen molar-refractivity contribution in [1.29, 1.82) is 0 Å². The lowest BCUT2D eigenvalue weighted by Crippen LogP contribution is -1.96. The predicted molar refractivity (Wildman–Crippen MR) is 35.6 cm³/mol. The molecule has 0 saturated heterocycles. The Morgan fingerprint density at radius 1 is 2.00 bits per heavy atom. The Kier molecular flexibility index (Phi) is 1.34. The van der Waals surface area contributed by atoms with Crippen molar-refractivity contribution in [1.82, 2.24) is 0 Å². The zero-order valence-corrected chi connectivity index (χ0v) is 4.89. The maximum atomic E-state index is 12.6. The van der Waals surface area contributed by atoms with Gasteiger partial charge in [-0.15, -0.1) is 6.42 Å². The van der Waals surface area contributed by atoms with Crippen LogP contribution in [0.2, 0.25) is 0 Å². The van der Waals surface area contributed by atoms with Crippen molar-refractivity contribution in [2.24, 2.45) is 0 Å². The summed E-state index contributed by atoms with van der Waals surface area (Å²) in [6.07, 6.45) is 7.33. The molecule has 0 saturated carbocycles. The summed E-state index contributed by atoms with van der Waals surface area (Å²) in [4.78, 5) is 0. The lowest BCUT2D eigenvalue weighted by molar-refractivity contribution is 0.401. The average Bonchev–Trinajstić information content (AvgIpc) is 1.88. The highest BCUT2D eigenvalue weighted by Crippen LogP contribution is 2.11. The maximum absolute atomic E-state index is 12.6. The average molecular weight is 123 g/mol. The van der Waals surface area contributed by atoms with Crippen molar-refractivity contribution in [2.75, 3.05) is 0 Å². The van der Waals surface area contributed by atoms with Crippen LogP contribution in [0, 0.1) is 12.3 Å². The van der Waals surface area contributed by atoms with Crippen LogP contribution in [0.4, 0.5) is 4.39 Å². The van der Waals surface area contributed by atoms with E-state index in [-0.39, 0.29) is 6.42 Å². The summed E-state index contributed by atoms with van der Waals surface area (Å²) in [5.41, 5.74) is 0.653. The van der Waals surface area contributed by atoms with Crippen LogP contribution in [-0.2, 0) is 0 Å². The standard InChI is InChI=1S/C8H7F/c1-2-7-3-5-8(9)6-4-7/h1,3-5,8H,6H2/i8D. The smallest absolute Gasteiger partial charge is 0.122 e. The number of halogens is 1. The van der Waals surface area contributed by atoms with Gasteiger partial charge in [-0.2, -0.15) is 0 Å². The van der Waals surface area contributed by atoms with Gasteiger partial charge in [0.25, 0.3) is 0 Å². The minimum atomic E-state index is -1.94. The van der Waals surface area contributed by atoms with Gasteiger partial charge in [-0.25, -0.2) is 4.39 Å². The topological polar surface area (TPSA) is 0 Å². The van der Waals surface area contributed by atoms with Gasteiger partial charge in [-0.3, -0.25) is 0 Å². The SMILES string of the molecule is [2H]C1(F)C=CC(C#C)=CC1. The summed E-state index contributed by atoms with van der Waals surface area (Å²) < 4.78 is 19.6. The summed E-state index contributed by atoms with van der Waals surface area (Å²) >= 11 is 0. The highest BCUT2D eigenvalue weighted by atomic mass is 19.1. The summed E-state index contributed by atoms with van der Waals surface area (Å²) in [7, 11) is 0. The molecule has 1 rings (SSSR count). The van der Waals surface area contributed by atoms with Gasteiger partial charge >= 0.3 is 0 Å². The van der Waals surface area contributed by atoms with Crippen LogP contribution >= 0.6 is 0 Å². The van der Waals surface area contributed by atoms with E-state index in [1.807, 2.05) is 0 Å². The van der Waals surface area contributed by atoms with E-state index in [4.69, 9.17) is 7.79 Å². The van der Waals surface area contributed by atoms with E-state index < -0.39 is 6.15 Å². The van der Waals surface area contributed by atoms with Crippen molar-refractivity contribution in [3.8, 4) is 12.3 Å². The first-order valence-electron chi connectivity index (χ1n) is 3.19. The Balaban J connectivity index is 2.75. The highest BCUT2D eigenvalue weighted by molar-refractivity contribution is 5.38. The monoisotopic (exact) mass is 123 g/mol. The molecule has 0 aromatic heterocycles. The van der Waals surface area contributed by atoms with Gasteiger partial charge < -0.3 is 0 Å². The fourth-order valence-corrected chi connectivity index (χ4v) is 0.631. The molecule has 46 valence electrons. The van der Waals surface area contributed by atoms with E-state index in [0.717, 1.165) is 0 Å². The molecule has 0 bridgehead atoms. The quantitative estimate of drug-likeness (QED) is 0.431. The van der Waals surface area contributed by atoms with Gasteiger partial charge in [0.2, 0.25) is 0 Å². The molecule has 0 radical (unpaired) electrons. The second-order valence-electron chi connectivity index (χ2n) is 1.79. The lowest BCUT2D eigenvalue weighted by atomic mass is 10.1. The maximum Gasteiger partial charge on any atom is 0.122 e. The second kappa shape index (κ2) is 2.50. The Morgan fingerprint density at radius 3 is 3.22 bits per heavy atom. The Hall–Kier alpha value is -1.03. The van der Waals surface area contributed by atoms with Gasteiger partial charge in [-0.05, 0) is 12.2 Å². The number of hydrogen-bond donors (Lipinski definition) is 0. The molecule has 0 amide bonds. The summed E-state index contributed by atoms with van der Waals surface area (Å²) in [5, 5.41) is 0. The molecule has 1 aliphatic carbocycles. The molecule has 0 aromatic carbocycles. The van der Waals surface area contributed by atoms with Gasteiger partial charge in [0, 0.05) is 12.0 Å². The number of terminal acetylenes is 1. The molecule has 0 spiro atoms. The zero-order chi connectivity index (χ0) is 7.61. The van der Waals surface area contributed by atoms with E-state index in [1.54, 1.807) is 6.08 Å². The molecular weight excluding hydrogens is 115 g/mol. The number of alkyl halides is 1. The Labute approximate surface area is 55.5 Å². The van der Waals surface area contributed by atoms with Gasteiger partial charge in [-0.1, -0.05) is 12.0 Å². The van der Waals surface area contributed by atoms with Crippen LogP contribution in [0.5, 0.6) is 0 Å². The van der Waals surface area contributed by atoms with Crippen molar-refractivity contribution >= 4 is 0 Å². The van der Waals surface area contributed by atoms with Gasteiger partial charge in [0.1, 0.15) is 6.15 Å². The van der Waals surface area contributed by atoms with Crippen LogP contribution < -0.4 is 0 Å². The molecule has 0 fully saturated rings. The van der Waals surface area contributed by atoms with Crippen LogP contribution in [0.15, 0.2) is 23.8 Å². The molecule has 0 aliphatic heterocycles.